The van der Waals surface area contributed by atoms with E-state index in [-0.39, 0.29) is 12.6 Å². The first-order chi connectivity index (χ1) is 12.7. The number of nitrogens with zero attached hydrogens (tertiary/aromatic N) is 5. The standard InChI is InChI=1S/C19H26N6O/c1-4-24(10-11-26)19-23-16-17(20-12-15-8-6-5-7-9-15)21-13-22-18(16)25(19)14(2)3/h5-9,13-14,26H,4,10-12H2,1-3H3,(H,20,21,22). The topological polar surface area (TPSA) is 79.1 Å². The predicted octanol–water partition coefficient (Wildman–Crippen LogP) is 2.84. The minimum absolute atomic E-state index is 0.0833. The van der Waals surface area contributed by atoms with Gasteiger partial charge < -0.3 is 15.3 Å². The molecule has 0 unspecified atom stereocenters. The van der Waals surface area contributed by atoms with Crippen LogP contribution in [0.1, 0.15) is 32.4 Å². The summed E-state index contributed by atoms with van der Waals surface area (Å²) in [6, 6.07) is 10.4. The van der Waals surface area contributed by atoms with Crippen molar-refractivity contribution in [2.75, 3.05) is 29.9 Å². The minimum atomic E-state index is 0.0833. The lowest BCUT2D eigenvalue weighted by molar-refractivity contribution is 0.301. The summed E-state index contributed by atoms with van der Waals surface area (Å²) in [5, 5.41) is 12.8. The fourth-order valence-corrected chi connectivity index (χ4v) is 3.03. The van der Waals surface area contributed by atoms with Gasteiger partial charge in [-0.05, 0) is 26.3 Å². The third-order valence-corrected chi connectivity index (χ3v) is 4.31. The number of likely N-dealkylation sites (N-methyl/N-ethyl adjacent to an activating group) is 1. The molecule has 3 rings (SSSR count). The first-order valence-corrected chi connectivity index (χ1v) is 9.02. The van der Waals surface area contributed by atoms with Gasteiger partial charge in [0.15, 0.2) is 17.0 Å². The summed E-state index contributed by atoms with van der Waals surface area (Å²) in [6.45, 7) is 8.32. The molecule has 0 radical (unpaired) electrons. The zero-order chi connectivity index (χ0) is 18.5. The van der Waals surface area contributed by atoms with Crippen molar-refractivity contribution in [3.63, 3.8) is 0 Å². The summed E-state index contributed by atoms with van der Waals surface area (Å²) >= 11 is 0. The number of aliphatic hydroxyl groups is 1. The molecule has 0 saturated carbocycles. The first kappa shape index (κ1) is 18.1. The van der Waals surface area contributed by atoms with Crippen molar-refractivity contribution in [2.24, 2.45) is 0 Å². The van der Waals surface area contributed by atoms with E-state index in [1.165, 1.54) is 5.56 Å². The fourth-order valence-electron chi connectivity index (χ4n) is 3.03. The number of hydrogen-bond donors (Lipinski definition) is 2. The molecule has 0 aliphatic rings. The number of aromatic nitrogens is 4. The summed E-state index contributed by atoms with van der Waals surface area (Å²) in [5.74, 6) is 1.54. The van der Waals surface area contributed by atoms with E-state index >= 15 is 0 Å². The van der Waals surface area contributed by atoms with Crippen LogP contribution in [-0.2, 0) is 6.54 Å². The van der Waals surface area contributed by atoms with Gasteiger partial charge in [-0.15, -0.1) is 0 Å². The molecule has 0 aliphatic heterocycles. The molecule has 0 aliphatic carbocycles. The molecule has 0 atom stereocenters. The van der Waals surface area contributed by atoms with E-state index in [2.05, 4.69) is 57.7 Å². The Kier molecular flexibility index (Phi) is 5.68. The Morgan fingerprint density at radius 2 is 1.96 bits per heavy atom. The van der Waals surface area contributed by atoms with Crippen molar-refractivity contribution >= 4 is 22.9 Å². The van der Waals surface area contributed by atoms with Gasteiger partial charge in [0.25, 0.3) is 0 Å². The van der Waals surface area contributed by atoms with Gasteiger partial charge in [0.05, 0.1) is 6.61 Å². The highest BCUT2D eigenvalue weighted by Gasteiger charge is 2.21. The van der Waals surface area contributed by atoms with Crippen molar-refractivity contribution in [1.82, 2.24) is 19.5 Å². The van der Waals surface area contributed by atoms with Gasteiger partial charge >= 0.3 is 0 Å². The summed E-state index contributed by atoms with van der Waals surface area (Å²) in [5.41, 5.74) is 2.73. The highest BCUT2D eigenvalue weighted by Crippen LogP contribution is 2.28. The van der Waals surface area contributed by atoms with Crippen LogP contribution in [0.2, 0.25) is 0 Å². The number of imidazole rings is 1. The Balaban J connectivity index is 2.00. The Morgan fingerprint density at radius 3 is 2.62 bits per heavy atom. The normalized spacial score (nSPS) is 11.3. The van der Waals surface area contributed by atoms with E-state index < -0.39 is 0 Å². The molecule has 2 heterocycles. The van der Waals surface area contributed by atoms with Gasteiger partial charge in [-0.25, -0.2) is 15.0 Å². The average molecular weight is 354 g/mol. The third kappa shape index (κ3) is 3.62. The van der Waals surface area contributed by atoms with Crippen LogP contribution in [0.4, 0.5) is 11.8 Å². The van der Waals surface area contributed by atoms with Crippen LogP contribution in [0.15, 0.2) is 36.7 Å². The van der Waals surface area contributed by atoms with Gasteiger partial charge in [-0.2, -0.15) is 0 Å². The average Bonchev–Trinajstić information content (AvgIpc) is 3.05. The molecule has 3 aromatic rings. The Morgan fingerprint density at radius 1 is 1.19 bits per heavy atom. The van der Waals surface area contributed by atoms with Gasteiger partial charge in [0.1, 0.15) is 6.33 Å². The quantitative estimate of drug-likeness (QED) is 0.648. The van der Waals surface area contributed by atoms with Gasteiger partial charge in [0, 0.05) is 25.7 Å². The highest BCUT2D eigenvalue weighted by atomic mass is 16.3. The van der Waals surface area contributed by atoms with E-state index in [1.807, 2.05) is 18.2 Å². The van der Waals surface area contributed by atoms with Gasteiger partial charge in [0.2, 0.25) is 5.95 Å². The maximum atomic E-state index is 9.38. The van der Waals surface area contributed by atoms with Crippen molar-refractivity contribution in [2.45, 2.75) is 33.4 Å². The van der Waals surface area contributed by atoms with Crippen molar-refractivity contribution in [3.05, 3.63) is 42.2 Å². The van der Waals surface area contributed by atoms with Gasteiger partial charge in [-0.1, -0.05) is 30.3 Å². The maximum absolute atomic E-state index is 9.38. The lowest BCUT2D eigenvalue weighted by Crippen LogP contribution is -2.29. The molecule has 0 bridgehead atoms. The monoisotopic (exact) mass is 354 g/mol. The number of aliphatic hydroxyl groups excluding tert-OH is 1. The van der Waals surface area contributed by atoms with E-state index in [4.69, 9.17) is 4.98 Å². The van der Waals surface area contributed by atoms with Crippen molar-refractivity contribution < 1.29 is 5.11 Å². The number of benzene rings is 1. The van der Waals surface area contributed by atoms with Crippen LogP contribution in [0.25, 0.3) is 11.2 Å². The smallest absolute Gasteiger partial charge is 0.208 e. The minimum Gasteiger partial charge on any atom is -0.395 e. The number of nitrogens with one attached hydrogen (secondary N) is 1. The molecule has 0 saturated heterocycles. The SMILES string of the molecule is CCN(CCO)c1nc2c(NCc3ccccc3)ncnc2n1C(C)C. The summed E-state index contributed by atoms with van der Waals surface area (Å²) in [6.07, 6.45) is 1.57. The van der Waals surface area contributed by atoms with Gasteiger partial charge in [-0.3, -0.25) is 4.57 Å². The third-order valence-electron chi connectivity index (χ3n) is 4.31. The lowest BCUT2D eigenvalue weighted by atomic mass is 10.2. The Hall–Kier alpha value is -2.67. The number of hydrogen-bond acceptors (Lipinski definition) is 6. The summed E-state index contributed by atoms with van der Waals surface area (Å²) in [7, 11) is 0. The lowest BCUT2D eigenvalue weighted by Gasteiger charge is -2.23. The van der Waals surface area contributed by atoms with E-state index in [0.717, 1.165) is 29.5 Å². The van der Waals surface area contributed by atoms with Crippen LogP contribution >= 0.6 is 0 Å². The molecular weight excluding hydrogens is 328 g/mol. The molecule has 1 aromatic carbocycles. The molecule has 7 nitrogen and oxygen atoms in total. The molecular formula is C19H26N6O. The zero-order valence-electron chi connectivity index (χ0n) is 15.6. The first-order valence-electron chi connectivity index (χ1n) is 9.02. The van der Waals surface area contributed by atoms with Crippen molar-refractivity contribution in [3.8, 4) is 0 Å². The second kappa shape index (κ2) is 8.14. The van der Waals surface area contributed by atoms with Crippen LogP contribution in [0.3, 0.4) is 0 Å². The number of anilines is 2. The predicted molar refractivity (Wildman–Crippen MR) is 104 cm³/mol. The largest absolute Gasteiger partial charge is 0.395 e. The number of fused-ring (bicyclic) bond motifs is 1. The summed E-state index contributed by atoms with van der Waals surface area (Å²) in [4.78, 5) is 15.8. The van der Waals surface area contributed by atoms with E-state index in [0.29, 0.717) is 13.1 Å². The molecule has 26 heavy (non-hydrogen) atoms. The molecule has 2 N–H and O–H groups in total. The second-order valence-corrected chi connectivity index (χ2v) is 6.41. The fraction of sp³-hybridized carbons (Fsp3) is 0.421. The second-order valence-electron chi connectivity index (χ2n) is 6.41. The Bertz CT molecular complexity index is 846. The molecule has 2 aromatic heterocycles. The van der Waals surface area contributed by atoms with Crippen LogP contribution in [0, 0.1) is 0 Å². The highest BCUT2D eigenvalue weighted by molar-refractivity contribution is 5.85. The molecule has 0 spiro atoms. The van der Waals surface area contributed by atoms with Crippen molar-refractivity contribution in [1.29, 1.82) is 0 Å². The van der Waals surface area contributed by atoms with Crippen LogP contribution in [0.5, 0.6) is 0 Å². The van der Waals surface area contributed by atoms with Crippen LogP contribution in [-0.4, -0.2) is 44.3 Å². The maximum Gasteiger partial charge on any atom is 0.208 e. The zero-order valence-corrected chi connectivity index (χ0v) is 15.6. The van der Waals surface area contributed by atoms with Crippen LogP contribution < -0.4 is 10.2 Å². The molecule has 7 heteroatoms. The van der Waals surface area contributed by atoms with E-state index in [9.17, 15) is 5.11 Å². The molecule has 0 amide bonds. The van der Waals surface area contributed by atoms with E-state index in [1.54, 1.807) is 6.33 Å². The summed E-state index contributed by atoms with van der Waals surface area (Å²) < 4.78 is 2.10. The molecule has 0 fully saturated rings. The number of rotatable bonds is 8. The molecule has 138 valence electrons. The Labute approximate surface area is 153 Å².